The van der Waals surface area contributed by atoms with Crippen molar-refractivity contribution in [2.24, 2.45) is 0 Å². The van der Waals surface area contributed by atoms with E-state index in [9.17, 15) is 0 Å². The minimum Gasteiger partial charge on any atom is -0.399 e. The second kappa shape index (κ2) is 4.10. The third-order valence-electron chi connectivity index (χ3n) is 3.11. The Morgan fingerprint density at radius 2 is 1.89 bits per heavy atom. The Balaban J connectivity index is 2.26. The third-order valence-corrected chi connectivity index (χ3v) is 4.17. The number of hydrogen-bond acceptors (Lipinski definition) is 3. The lowest BCUT2D eigenvalue weighted by Crippen LogP contribution is -1.88. The van der Waals surface area contributed by atoms with E-state index in [2.05, 4.69) is 32.0 Å². The van der Waals surface area contributed by atoms with E-state index >= 15 is 0 Å². The highest BCUT2D eigenvalue weighted by molar-refractivity contribution is 7.21. The zero-order valence-corrected chi connectivity index (χ0v) is 11.2. The summed E-state index contributed by atoms with van der Waals surface area (Å²) in [5.74, 6) is 0. The normalized spacial score (nSPS) is 11.0. The van der Waals surface area contributed by atoms with Gasteiger partial charge in [-0.2, -0.15) is 0 Å². The highest BCUT2D eigenvalue weighted by atomic mass is 32.1. The van der Waals surface area contributed by atoms with Crippen LogP contribution in [-0.2, 0) is 0 Å². The van der Waals surface area contributed by atoms with Crippen LogP contribution >= 0.6 is 11.3 Å². The summed E-state index contributed by atoms with van der Waals surface area (Å²) in [5.41, 5.74) is 11.3. The Bertz CT molecular complexity index is 728. The molecule has 0 saturated carbocycles. The Morgan fingerprint density at radius 1 is 1.06 bits per heavy atom. The Morgan fingerprint density at radius 3 is 2.67 bits per heavy atom. The van der Waals surface area contributed by atoms with Crippen molar-refractivity contribution >= 4 is 27.2 Å². The maximum absolute atomic E-state index is 5.87. The quantitative estimate of drug-likeness (QED) is 0.662. The molecule has 3 heteroatoms. The molecule has 90 valence electrons. The Kier molecular flexibility index (Phi) is 2.56. The van der Waals surface area contributed by atoms with Crippen LogP contribution in [0, 0.1) is 13.8 Å². The number of anilines is 1. The molecule has 2 N–H and O–H groups in total. The SMILES string of the molecule is Cc1ccc(N)cc1-c1nc2c(C)cccc2s1. The van der Waals surface area contributed by atoms with E-state index in [1.54, 1.807) is 11.3 Å². The molecule has 1 heterocycles. The summed E-state index contributed by atoms with van der Waals surface area (Å²) in [4.78, 5) is 4.75. The number of hydrogen-bond donors (Lipinski definition) is 1. The molecule has 0 unspecified atom stereocenters. The molecule has 3 rings (SSSR count). The van der Waals surface area contributed by atoms with E-state index in [1.807, 2.05) is 18.2 Å². The minimum atomic E-state index is 0.784. The average molecular weight is 254 g/mol. The van der Waals surface area contributed by atoms with E-state index < -0.39 is 0 Å². The van der Waals surface area contributed by atoms with Gasteiger partial charge in [0.25, 0.3) is 0 Å². The van der Waals surface area contributed by atoms with Gasteiger partial charge in [0.05, 0.1) is 10.2 Å². The molecule has 0 aliphatic carbocycles. The number of aromatic nitrogens is 1. The Hall–Kier alpha value is -1.87. The maximum Gasteiger partial charge on any atom is 0.124 e. The van der Waals surface area contributed by atoms with Crippen molar-refractivity contribution in [2.45, 2.75) is 13.8 Å². The van der Waals surface area contributed by atoms with Gasteiger partial charge in [0.2, 0.25) is 0 Å². The topological polar surface area (TPSA) is 38.9 Å². The summed E-state index contributed by atoms with van der Waals surface area (Å²) in [7, 11) is 0. The average Bonchev–Trinajstić information content (AvgIpc) is 2.77. The fraction of sp³-hybridized carbons (Fsp3) is 0.133. The number of benzene rings is 2. The summed E-state index contributed by atoms with van der Waals surface area (Å²) in [6.07, 6.45) is 0. The molecule has 0 bridgehead atoms. The number of para-hydroxylation sites is 1. The first-order chi connectivity index (χ1) is 8.65. The smallest absolute Gasteiger partial charge is 0.124 e. The molecular weight excluding hydrogens is 240 g/mol. The van der Waals surface area contributed by atoms with Gasteiger partial charge in [0.1, 0.15) is 5.01 Å². The standard InChI is InChI=1S/C15H14N2S/c1-9-6-7-11(16)8-12(9)15-17-14-10(2)4-3-5-13(14)18-15/h3-8H,16H2,1-2H3. The molecule has 3 aromatic rings. The molecule has 2 aromatic carbocycles. The number of nitrogens with zero attached hydrogens (tertiary/aromatic N) is 1. The van der Waals surface area contributed by atoms with Crippen LogP contribution in [0.3, 0.4) is 0 Å². The van der Waals surface area contributed by atoms with Gasteiger partial charge in [0, 0.05) is 11.3 Å². The van der Waals surface area contributed by atoms with Crippen LogP contribution in [0.1, 0.15) is 11.1 Å². The fourth-order valence-corrected chi connectivity index (χ4v) is 3.20. The predicted molar refractivity (Wildman–Crippen MR) is 78.9 cm³/mol. The highest BCUT2D eigenvalue weighted by Gasteiger charge is 2.10. The molecule has 18 heavy (non-hydrogen) atoms. The van der Waals surface area contributed by atoms with Crippen molar-refractivity contribution in [3.8, 4) is 10.6 Å². The maximum atomic E-state index is 5.87. The number of rotatable bonds is 1. The van der Waals surface area contributed by atoms with Crippen LogP contribution in [-0.4, -0.2) is 4.98 Å². The van der Waals surface area contributed by atoms with E-state index in [0.717, 1.165) is 21.8 Å². The van der Waals surface area contributed by atoms with Gasteiger partial charge in [-0.25, -0.2) is 4.98 Å². The van der Waals surface area contributed by atoms with Crippen molar-refractivity contribution in [1.82, 2.24) is 4.98 Å². The molecule has 0 radical (unpaired) electrons. The van der Waals surface area contributed by atoms with E-state index in [1.165, 1.54) is 15.8 Å². The van der Waals surface area contributed by atoms with Crippen molar-refractivity contribution < 1.29 is 0 Å². The molecule has 0 amide bonds. The zero-order chi connectivity index (χ0) is 12.7. The summed E-state index contributed by atoms with van der Waals surface area (Å²) < 4.78 is 1.23. The number of nitrogens with two attached hydrogens (primary N) is 1. The second-order valence-electron chi connectivity index (χ2n) is 4.52. The summed E-state index contributed by atoms with van der Waals surface area (Å²) >= 11 is 1.72. The largest absolute Gasteiger partial charge is 0.399 e. The fourth-order valence-electron chi connectivity index (χ4n) is 2.07. The van der Waals surface area contributed by atoms with Gasteiger partial charge in [-0.15, -0.1) is 11.3 Å². The molecule has 0 spiro atoms. The van der Waals surface area contributed by atoms with Crippen molar-refractivity contribution in [3.05, 3.63) is 47.5 Å². The van der Waals surface area contributed by atoms with Crippen LogP contribution < -0.4 is 5.73 Å². The molecule has 0 fully saturated rings. The highest BCUT2D eigenvalue weighted by Crippen LogP contribution is 2.33. The van der Waals surface area contributed by atoms with E-state index in [4.69, 9.17) is 10.7 Å². The lowest BCUT2D eigenvalue weighted by Gasteiger charge is -2.02. The van der Waals surface area contributed by atoms with Crippen LogP contribution in [0.5, 0.6) is 0 Å². The first-order valence-corrected chi connectivity index (χ1v) is 6.69. The minimum absolute atomic E-state index is 0.784. The first-order valence-electron chi connectivity index (χ1n) is 5.88. The summed E-state index contributed by atoms with van der Waals surface area (Å²) in [6, 6.07) is 12.3. The molecule has 0 aliphatic heterocycles. The molecular formula is C15H14N2S. The summed E-state index contributed by atoms with van der Waals surface area (Å²) in [5, 5.41) is 1.05. The first kappa shape index (κ1) is 11.2. The molecule has 1 aromatic heterocycles. The van der Waals surface area contributed by atoms with Crippen LogP contribution in [0.4, 0.5) is 5.69 Å². The lowest BCUT2D eigenvalue weighted by molar-refractivity contribution is 1.39. The zero-order valence-electron chi connectivity index (χ0n) is 10.4. The van der Waals surface area contributed by atoms with Gasteiger partial charge >= 0.3 is 0 Å². The van der Waals surface area contributed by atoms with E-state index in [-0.39, 0.29) is 0 Å². The molecule has 0 saturated heterocycles. The lowest BCUT2D eigenvalue weighted by atomic mass is 10.1. The number of nitrogen functional groups attached to an aromatic ring is 1. The van der Waals surface area contributed by atoms with Crippen LogP contribution in [0.2, 0.25) is 0 Å². The van der Waals surface area contributed by atoms with Crippen LogP contribution in [0.15, 0.2) is 36.4 Å². The van der Waals surface area contributed by atoms with Crippen molar-refractivity contribution in [3.63, 3.8) is 0 Å². The van der Waals surface area contributed by atoms with Crippen LogP contribution in [0.25, 0.3) is 20.8 Å². The van der Waals surface area contributed by atoms with Gasteiger partial charge in [0.15, 0.2) is 0 Å². The monoisotopic (exact) mass is 254 g/mol. The second-order valence-corrected chi connectivity index (χ2v) is 5.55. The number of aryl methyl sites for hydroxylation is 2. The third kappa shape index (κ3) is 1.77. The molecule has 0 aliphatic rings. The number of thiazole rings is 1. The van der Waals surface area contributed by atoms with E-state index in [0.29, 0.717) is 0 Å². The molecule has 2 nitrogen and oxygen atoms in total. The molecule has 0 atom stereocenters. The van der Waals surface area contributed by atoms with Gasteiger partial charge in [-0.3, -0.25) is 0 Å². The van der Waals surface area contributed by atoms with Gasteiger partial charge in [-0.1, -0.05) is 18.2 Å². The van der Waals surface area contributed by atoms with Gasteiger partial charge in [-0.05, 0) is 43.2 Å². The number of fused-ring (bicyclic) bond motifs is 1. The van der Waals surface area contributed by atoms with Crippen molar-refractivity contribution in [2.75, 3.05) is 5.73 Å². The van der Waals surface area contributed by atoms with Crippen molar-refractivity contribution in [1.29, 1.82) is 0 Å². The van der Waals surface area contributed by atoms with Gasteiger partial charge < -0.3 is 5.73 Å². The Labute approximate surface area is 110 Å². The summed E-state index contributed by atoms with van der Waals surface area (Å²) in [6.45, 7) is 4.19. The predicted octanol–water partition coefficient (Wildman–Crippen LogP) is 4.16.